The largest absolute Gasteiger partial charge is 0.469 e. The van der Waals surface area contributed by atoms with E-state index < -0.39 is 5.41 Å². The molecule has 0 aromatic heterocycles. The van der Waals surface area contributed by atoms with Gasteiger partial charge in [-0.25, -0.2) is 0 Å². The van der Waals surface area contributed by atoms with Crippen molar-refractivity contribution >= 4 is 5.97 Å². The smallest absolute Gasteiger partial charge is 0.312 e. The zero-order valence-electron chi connectivity index (χ0n) is 10.3. The summed E-state index contributed by atoms with van der Waals surface area (Å²) in [4.78, 5) is 11.7. The molecule has 0 amide bonds. The lowest BCUT2D eigenvalue weighted by atomic mass is 9.71. The summed E-state index contributed by atoms with van der Waals surface area (Å²) in [6.07, 6.45) is 5.26. The highest BCUT2D eigenvalue weighted by molar-refractivity contribution is 5.77. The molecule has 0 N–H and O–H groups in total. The summed E-state index contributed by atoms with van der Waals surface area (Å²) in [5, 5.41) is 0. The number of allylic oxidation sites excluding steroid dienone is 4. The fraction of sp³-hybridized carbons (Fsp3) is 0.615. The van der Waals surface area contributed by atoms with Crippen LogP contribution >= 0.6 is 0 Å². The van der Waals surface area contributed by atoms with E-state index in [9.17, 15) is 4.79 Å². The Balaban J connectivity index is 3.02. The monoisotopic (exact) mass is 208 g/mol. The second kappa shape index (κ2) is 4.21. The van der Waals surface area contributed by atoms with Gasteiger partial charge < -0.3 is 4.74 Å². The van der Waals surface area contributed by atoms with Crippen molar-refractivity contribution in [1.29, 1.82) is 0 Å². The molecule has 1 atom stereocenters. The van der Waals surface area contributed by atoms with E-state index in [1.807, 2.05) is 13.8 Å². The number of ether oxygens (including phenoxy) is 1. The first-order valence-corrected chi connectivity index (χ1v) is 5.32. The molecule has 15 heavy (non-hydrogen) atoms. The zero-order chi connectivity index (χ0) is 11.6. The Morgan fingerprint density at radius 2 is 2.07 bits per heavy atom. The van der Waals surface area contributed by atoms with Gasteiger partial charge in [0.15, 0.2) is 0 Å². The first-order chi connectivity index (χ1) is 6.91. The zero-order valence-corrected chi connectivity index (χ0v) is 10.3. The van der Waals surface area contributed by atoms with Crippen LogP contribution in [0.1, 0.15) is 34.1 Å². The molecule has 1 aliphatic carbocycles. The highest BCUT2D eigenvalue weighted by Crippen LogP contribution is 2.38. The van der Waals surface area contributed by atoms with Crippen LogP contribution in [0.15, 0.2) is 23.3 Å². The van der Waals surface area contributed by atoms with Crippen molar-refractivity contribution in [3.05, 3.63) is 23.3 Å². The van der Waals surface area contributed by atoms with Crippen molar-refractivity contribution in [3.8, 4) is 0 Å². The molecule has 0 fully saturated rings. The van der Waals surface area contributed by atoms with Crippen LogP contribution in [0, 0.1) is 11.3 Å². The Bertz CT molecular complexity index is 321. The number of carbonyl (C=O) groups excluding carboxylic acids is 1. The van der Waals surface area contributed by atoms with Crippen LogP contribution < -0.4 is 0 Å². The quantitative estimate of drug-likeness (QED) is 0.515. The molecule has 0 spiro atoms. The number of hydrogen-bond acceptors (Lipinski definition) is 2. The van der Waals surface area contributed by atoms with Crippen LogP contribution in [0.2, 0.25) is 0 Å². The molecule has 0 saturated heterocycles. The van der Waals surface area contributed by atoms with E-state index in [1.54, 1.807) is 0 Å². The Labute approximate surface area is 92.0 Å². The van der Waals surface area contributed by atoms with Gasteiger partial charge in [-0.15, -0.1) is 0 Å². The van der Waals surface area contributed by atoms with Gasteiger partial charge in [0.25, 0.3) is 0 Å². The van der Waals surface area contributed by atoms with Crippen molar-refractivity contribution in [1.82, 2.24) is 0 Å². The second-order valence-electron chi connectivity index (χ2n) is 4.79. The molecule has 0 aromatic carbocycles. The Morgan fingerprint density at radius 1 is 1.47 bits per heavy atom. The van der Waals surface area contributed by atoms with Crippen LogP contribution in [-0.4, -0.2) is 13.1 Å². The molecule has 0 radical (unpaired) electrons. The van der Waals surface area contributed by atoms with E-state index in [1.165, 1.54) is 18.3 Å². The average molecular weight is 208 g/mol. The maximum atomic E-state index is 11.7. The van der Waals surface area contributed by atoms with Gasteiger partial charge in [-0.3, -0.25) is 4.79 Å². The molecule has 0 aromatic rings. The molecular formula is C13H20O2. The number of esters is 1. The molecule has 84 valence electrons. The molecule has 1 unspecified atom stereocenters. The van der Waals surface area contributed by atoms with Crippen molar-refractivity contribution in [2.24, 2.45) is 11.3 Å². The van der Waals surface area contributed by atoms with Crippen LogP contribution in [0.5, 0.6) is 0 Å². The van der Waals surface area contributed by atoms with Gasteiger partial charge in [0.05, 0.1) is 12.5 Å². The van der Waals surface area contributed by atoms with Gasteiger partial charge >= 0.3 is 5.97 Å². The second-order valence-corrected chi connectivity index (χ2v) is 4.79. The predicted octanol–water partition coefficient (Wildman–Crippen LogP) is 3.10. The molecular weight excluding hydrogens is 188 g/mol. The molecule has 0 saturated carbocycles. The van der Waals surface area contributed by atoms with E-state index in [-0.39, 0.29) is 11.9 Å². The van der Waals surface area contributed by atoms with E-state index in [4.69, 9.17) is 4.74 Å². The van der Waals surface area contributed by atoms with Crippen LogP contribution in [0.3, 0.4) is 0 Å². The van der Waals surface area contributed by atoms with E-state index in [2.05, 4.69) is 26.0 Å². The molecule has 0 aliphatic heterocycles. The number of methoxy groups -OCH3 is 1. The minimum atomic E-state index is -0.475. The summed E-state index contributed by atoms with van der Waals surface area (Å²) < 4.78 is 4.86. The van der Waals surface area contributed by atoms with Gasteiger partial charge in [-0.05, 0) is 34.1 Å². The summed E-state index contributed by atoms with van der Waals surface area (Å²) in [5.41, 5.74) is 2.18. The standard InChI is InChI=1S/C13H20O2/c1-9-7-6-8-11(10(9)2)13(3,4)12(14)15-5/h6,8,11H,7H2,1-5H3. The van der Waals surface area contributed by atoms with Crippen LogP contribution in [0.25, 0.3) is 0 Å². The highest BCUT2D eigenvalue weighted by Gasteiger charge is 2.38. The molecule has 2 heteroatoms. The molecule has 1 aliphatic rings. The topological polar surface area (TPSA) is 26.3 Å². The SMILES string of the molecule is COC(=O)C(C)(C)C1C=CCC(C)=C1C. The third-order valence-electron chi connectivity index (χ3n) is 3.38. The normalized spacial score (nSPS) is 21.8. The van der Waals surface area contributed by atoms with Gasteiger partial charge in [0, 0.05) is 5.92 Å². The van der Waals surface area contributed by atoms with E-state index in [0.717, 1.165) is 6.42 Å². The lowest BCUT2D eigenvalue weighted by molar-refractivity contribution is -0.152. The number of carbonyl (C=O) groups is 1. The lowest BCUT2D eigenvalue weighted by Gasteiger charge is -2.33. The highest BCUT2D eigenvalue weighted by atomic mass is 16.5. The van der Waals surface area contributed by atoms with Crippen molar-refractivity contribution < 1.29 is 9.53 Å². The Kier molecular flexibility index (Phi) is 3.38. The molecule has 1 rings (SSSR count). The average Bonchev–Trinajstić information content (AvgIpc) is 2.20. The summed E-state index contributed by atoms with van der Waals surface area (Å²) in [6.45, 7) is 8.11. The van der Waals surface area contributed by atoms with Crippen molar-refractivity contribution in [2.45, 2.75) is 34.1 Å². The van der Waals surface area contributed by atoms with E-state index in [0.29, 0.717) is 0 Å². The first-order valence-electron chi connectivity index (χ1n) is 5.32. The minimum Gasteiger partial charge on any atom is -0.469 e. The van der Waals surface area contributed by atoms with Gasteiger partial charge in [0.1, 0.15) is 0 Å². The summed E-state index contributed by atoms with van der Waals surface area (Å²) in [6, 6.07) is 0. The minimum absolute atomic E-state index is 0.147. The predicted molar refractivity (Wildman–Crippen MR) is 61.4 cm³/mol. The van der Waals surface area contributed by atoms with Gasteiger partial charge in [-0.2, -0.15) is 0 Å². The van der Waals surface area contributed by atoms with Gasteiger partial charge in [0.2, 0.25) is 0 Å². The van der Waals surface area contributed by atoms with Crippen molar-refractivity contribution in [3.63, 3.8) is 0 Å². The fourth-order valence-corrected chi connectivity index (χ4v) is 2.12. The lowest BCUT2D eigenvalue weighted by Crippen LogP contribution is -2.34. The maximum absolute atomic E-state index is 11.7. The molecule has 0 bridgehead atoms. The van der Waals surface area contributed by atoms with Crippen LogP contribution in [-0.2, 0) is 9.53 Å². The third kappa shape index (κ3) is 2.14. The number of rotatable bonds is 2. The summed E-state index contributed by atoms with van der Waals surface area (Å²) in [7, 11) is 1.45. The molecule has 0 heterocycles. The van der Waals surface area contributed by atoms with Crippen LogP contribution in [0.4, 0.5) is 0 Å². The maximum Gasteiger partial charge on any atom is 0.312 e. The Hall–Kier alpha value is -1.05. The molecule has 2 nitrogen and oxygen atoms in total. The summed E-state index contributed by atoms with van der Waals surface area (Å²) >= 11 is 0. The van der Waals surface area contributed by atoms with Crippen molar-refractivity contribution in [2.75, 3.05) is 7.11 Å². The number of hydrogen-bond donors (Lipinski definition) is 0. The van der Waals surface area contributed by atoms with Gasteiger partial charge in [-0.1, -0.05) is 23.3 Å². The Morgan fingerprint density at radius 3 is 2.60 bits per heavy atom. The fourth-order valence-electron chi connectivity index (χ4n) is 2.12. The summed E-state index contributed by atoms with van der Waals surface area (Å²) in [5.74, 6) is 0.0184. The van der Waals surface area contributed by atoms with E-state index >= 15 is 0 Å². The third-order valence-corrected chi connectivity index (χ3v) is 3.38. The first kappa shape index (κ1) is 12.0.